The van der Waals surface area contributed by atoms with Gasteiger partial charge in [-0.1, -0.05) is 49.6 Å². The Labute approximate surface area is 204 Å². The van der Waals surface area contributed by atoms with E-state index in [1.807, 2.05) is 52.1 Å². The van der Waals surface area contributed by atoms with Gasteiger partial charge in [0.1, 0.15) is 11.9 Å². The maximum absolute atomic E-state index is 15.5. The molecule has 0 unspecified atom stereocenters. The molecule has 5 nitrogen and oxygen atoms in total. The Hall–Kier alpha value is -2.73. The quantitative estimate of drug-likeness (QED) is 0.366. The summed E-state index contributed by atoms with van der Waals surface area (Å²) in [6, 6.07) is 7.59. The van der Waals surface area contributed by atoms with E-state index in [4.69, 9.17) is 16.3 Å². The van der Waals surface area contributed by atoms with Gasteiger partial charge in [-0.25, -0.2) is 9.18 Å². The zero-order valence-corrected chi connectivity index (χ0v) is 20.8. The van der Waals surface area contributed by atoms with Crippen molar-refractivity contribution in [2.24, 2.45) is 0 Å². The maximum Gasteiger partial charge on any atom is 0.407 e. The first-order chi connectivity index (χ1) is 16.2. The van der Waals surface area contributed by atoms with Gasteiger partial charge in [-0.15, -0.1) is 0 Å². The maximum atomic E-state index is 15.5. The smallest absolute Gasteiger partial charge is 0.407 e. The zero-order chi connectivity index (χ0) is 24.2. The lowest BCUT2D eigenvalue weighted by molar-refractivity contribution is 0.0455. The van der Waals surface area contributed by atoms with Crippen LogP contribution in [0.1, 0.15) is 63.5 Å². The number of ether oxygens (including phenoxy) is 1. The summed E-state index contributed by atoms with van der Waals surface area (Å²) in [5, 5.41) is 7.81. The normalized spacial score (nSPS) is 21.8. The molecule has 2 atom stereocenters. The second kappa shape index (κ2) is 8.49. The van der Waals surface area contributed by atoms with E-state index in [9.17, 15) is 4.79 Å². The molecule has 1 saturated carbocycles. The number of rotatable bonds is 3. The molecule has 3 N–H and O–H groups in total. The predicted octanol–water partition coefficient (Wildman–Crippen LogP) is 7.28. The summed E-state index contributed by atoms with van der Waals surface area (Å²) in [6.45, 7) is 7.82. The number of benzene rings is 2. The fourth-order valence-electron chi connectivity index (χ4n) is 5.72. The van der Waals surface area contributed by atoms with Crippen molar-refractivity contribution in [1.82, 2.24) is 10.3 Å². The van der Waals surface area contributed by atoms with Crippen molar-refractivity contribution >= 4 is 34.3 Å². The largest absolute Gasteiger partial charge is 0.443 e. The van der Waals surface area contributed by atoms with E-state index in [-0.39, 0.29) is 17.8 Å². The van der Waals surface area contributed by atoms with E-state index in [0.717, 1.165) is 47.7 Å². The molecule has 1 fully saturated rings. The Kier molecular flexibility index (Phi) is 5.75. The fraction of sp³-hybridized carbons (Fsp3) is 0.444. The molecule has 0 saturated heterocycles. The Bertz CT molecular complexity index is 1260. The first-order valence-corrected chi connectivity index (χ1v) is 12.4. The number of aryl methyl sites for hydroxylation is 1. The fourth-order valence-corrected chi connectivity index (χ4v) is 6.14. The van der Waals surface area contributed by atoms with Crippen LogP contribution in [0.2, 0.25) is 5.02 Å². The Morgan fingerprint density at radius 3 is 2.71 bits per heavy atom. The van der Waals surface area contributed by atoms with E-state index < -0.39 is 17.7 Å². The standard InChI is InChI=1S/C27H31ClFN3O2/c1-14-13-30-23-17(14)10-7-11-18(23)19-12-20(29)24-21(22(19)28)15(2)25(27(3,4)32-24)34-26(33)31-16-8-5-6-9-16/h7,10-13,15-16,25,30,32H,5-6,8-9H2,1-4H3,(H,31,33)/t15-,25+/m0/s1. The van der Waals surface area contributed by atoms with Crippen LogP contribution in [0.3, 0.4) is 0 Å². The highest BCUT2D eigenvalue weighted by Crippen LogP contribution is 2.49. The number of hydrogen-bond acceptors (Lipinski definition) is 3. The lowest BCUT2D eigenvalue weighted by atomic mass is 9.78. The number of fused-ring (bicyclic) bond motifs is 2. The SMILES string of the molecule is Cc1c[nH]c2c(-c3cc(F)c4c(c3Cl)[C@H](C)[C@@H](OC(=O)NC3CCCC3)C(C)(C)N4)cccc12. The van der Waals surface area contributed by atoms with Crippen LogP contribution in [0.15, 0.2) is 30.5 Å². The Balaban J connectivity index is 1.54. The first-order valence-electron chi connectivity index (χ1n) is 12.0. The molecular formula is C27H31ClFN3O2. The van der Waals surface area contributed by atoms with E-state index in [0.29, 0.717) is 21.8 Å². The number of nitrogens with one attached hydrogen (secondary N) is 3. The van der Waals surface area contributed by atoms with Gasteiger partial charge in [0.25, 0.3) is 0 Å². The van der Waals surface area contributed by atoms with Crippen LogP contribution in [-0.2, 0) is 4.74 Å². The summed E-state index contributed by atoms with van der Waals surface area (Å²) in [6.07, 6.45) is 5.18. The molecule has 1 aromatic heterocycles. The summed E-state index contributed by atoms with van der Waals surface area (Å²) in [5.74, 6) is -0.685. The van der Waals surface area contributed by atoms with Gasteiger partial charge in [0.2, 0.25) is 0 Å². The van der Waals surface area contributed by atoms with E-state index >= 15 is 4.39 Å². The number of aromatic amines is 1. The molecule has 7 heteroatoms. The number of hydrogen-bond donors (Lipinski definition) is 3. The van der Waals surface area contributed by atoms with Crippen LogP contribution in [0.4, 0.5) is 14.9 Å². The average Bonchev–Trinajstić information content (AvgIpc) is 3.43. The Morgan fingerprint density at radius 1 is 1.24 bits per heavy atom. The Morgan fingerprint density at radius 2 is 1.97 bits per heavy atom. The second-order valence-electron chi connectivity index (χ2n) is 10.3. The predicted molar refractivity (Wildman–Crippen MR) is 135 cm³/mol. The van der Waals surface area contributed by atoms with Crippen LogP contribution < -0.4 is 10.6 Å². The van der Waals surface area contributed by atoms with Gasteiger partial charge in [0, 0.05) is 40.2 Å². The highest BCUT2D eigenvalue weighted by molar-refractivity contribution is 6.35. The average molecular weight is 484 g/mol. The summed E-state index contributed by atoms with van der Waals surface area (Å²) >= 11 is 6.99. The van der Waals surface area contributed by atoms with Crippen LogP contribution in [-0.4, -0.2) is 28.8 Å². The molecule has 2 aromatic carbocycles. The lowest BCUT2D eigenvalue weighted by Gasteiger charge is -2.44. The van der Waals surface area contributed by atoms with Crippen molar-refractivity contribution in [2.45, 2.75) is 77.0 Å². The molecule has 3 aromatic rings. The van der Waals surface area contributed by atoms with Crippen LogP contribution in [0, 0.1) is 12.7 Å². The zero-order valence-electron chi connectivity index (χ0n) is 20.0. The molecule has 34 heavy (non-hydrogen) atoms. The minimum Gasteiger partial charge on any atom is -0.443 e. The summed E-state index contributed by atoms with van der Waals surface area (Å²) in [4.78, 5) is 16.0. The van der Waals surface area contributed by atoms with E-state index in [1.54, 1.807) is 0 Å². The van der Waals surface area contributed by atoms with Crippen molar-refractivity contribution in [2.75, 3.05) is 5.32 Å². The van der Waals surface area contributed by atoms with Crippen molar-refractivity contribution < 1.29 is 13.9 Å². The van der Waals surface area contributed by atoms with E-state index in [2.05, 4.69) is 15.6 Å². The van der Waals surface area contributed by atoms with Gasteiger partial charge in [-0.2, -0.15) is 0 Å². The number of carbonyl (C=O) groups is 1. The monoisotopic (exact) mass is 483 g/mol. The van der Waals surface area contributed by atoms with Crippen molar-refractivity contribution in [3.05, 3.63) is 52.4 Å². The molecule has 180 valence electrons. The van der Waals surface area contributed by atoms with Crippen LogP contribution in [0.5, 0.6) is 0 Å². The number of anilines is 1. The minimum atomic E-state index is -0.679. The molecule has 0 bridgehead atoms. The molecule has 5 rings (SSSR count). The summed E-state index contributed by atoms with van der Waals surface area (Å²) in [5.41, 5.74) is 3.82. The van der Waals surface area contributed by atoms with Crippen LogP contribution >= 0.6 is 11.6 Å². The third kappa shape index (κ3) is 3.82. The highest BCUT2D eigenvalue weighted by Gasteiger charge is 2.45. The number of aromatic nitrogens is 1. The molecule has 2 aliphatic rings. The summed E-state index contributed by atoms with van der Waals surface area (Å²) in [7, 11) is 0. The number of H-pyrrole nitrogens is 1. The molecule has 1 amide bonds. The van der Waals surface area contributed by atoms with Crippen molar-refractivity contribution in [3.8, 4) is 11.1 Å². The number of para-hydroxylation sites is 1. The molecular weight excluding hydrogens is 453 g/mol. The topological polar surface area (TPSA) is 66.2 Å². The van der Waals surface area contributed by atoms with E-state index in [1.165, 1.54) is 6.07 Å². The van der Waals surface area contributed by atoms with Crippen LogP contribution in [0.25, 0.3) is 22.0 Å². The number of halogens is 2. The molecule has 0 spiro atoms. The lowest BCUT2D eigenvalue weighted by Crippen LogP contribution is -2.53. The first kappa shape index (κ1) is 23.0. The van der Waals surface area contributed by atoms with Gasteiger partial charge in [0.15, 0.2) is 0 Å². The number of amides is 1. The number of alkyl carbamates (subject to hydrolysis) is 1. The van der Waals surface area contributed by atoms with Gasteiger partial charge in [-0.05, 0) is 45.2 Å². The van der Waals surface area contributed by atoms with Gasteiger partial charge >= 0.3 is 6.09 Å². The number of carbonyl (C=O) groups excluding carboxylic acids is 1. The molecule has 2 heterocycles. The molecule has 0 radical (unpaired) electrons. The molecule has 1 aliphatic carbocycles. The van der Waals surface area contributed by atoms with Crippen molar-refractivity contribution in [1.29, 1.82) is 0 Å². The van der Waals surface area contributed by atoms with Gasteiger partial charge < -0.3 is 20.4 Å². The van der Waals surface area contributed by atoms with Gasteiger partial charge in [-0.3, -0.25) is 0 Å². The highest BCUT2D eigenvalue weighted by atomic mass is 35.5. The second-order valence-corrected chi connectivity index (χ2v) is 10.7. The van der Waals surface area contributed by atoms with Gasteiger partial charge in [0.05, 0.1) is 21.8 Å². The minimum absolute atomic E-state index is 0.159. The van der Waals surface area contributed by atoms with Crippen molar-refractivity contribution in [3.63, 3.8) is 0 Å². The summed E-state index contributed by atoms with van der Waals surface area (Å²) < 4.78 is 21.5. The third-order valence-electron chi connectivity index (χ3n) is 7.44. The molecule has 1 aliphatic heterocycles. The third-order valence-corrected chi connectivity index (χ3v) is 7.85.